The molecule has 3 aromatic rings. The van der Waals surface area contributed by atoms with Crippen molar-refractivity contribution in [1.29, 1.82) is 0 Å². The van der Waals surface area contributed by atoms with Crippen molar-refractivity contribution < 1.29 is 9.32 Å². The van der Waals surface area contributed by atoms with Crippen LogP contribution in [0.1, 0.15) is 61.5 Å². The zero-order valence-corrected chi connectivity index (χ0v) is 19.2. The predicted octanol–water partition coefficient (Wildman–Crippen LogP) is 4.34. The molecule has 31 heavy (non-hydrogen) atoms. The van der Waals surface area contributed by atoms with Crippen LogP contribution < -0.4 is 5.32 Å². The van der Waals surface area contributed by atoms with Crippen LogP contribution in [-0.2, 0) is 36.1 Å². The molecule has 0 aliphatic carbocycles. The Bertz CT molecular complexity index is 1020. The minimum atomic E-state index is -0.139. The Labute approximate surface area is 186 Å². The Hall–Kier alpha value is -2.58. The van der Waals surface area contributed by atoms with Crippen LogP contribution in [0, 0.1) is 0 Å². The van der Waals surface area contributed by atoms with Gasteiger partial charge in [-0.1, -0.05) is 56.3 Å². The van der Waals surface area contributed by atoms with Gasteiger partial charge in [0.25, 0.3) is 0 Å². The van der Waals surface area contributed by atoms with Crippen molar-refractivity contribution in [2.24, 2.45) is 0 Å². The van der Waals surface area contributed by atoms with Gasteiger partial charge in [0.1, 0.15) is 0 Å². The number of thiazole rings is 1. The Kier molecular flexibility index (Phi) is 6.48. The largest absolute Gasteiger partial charge is 0.339 e. The number of carbonyl (C=O) groups excluding carboxylic acids is 1. The van der Waals surface area contributed by atoms with Crippen molar-refractivity contribution in [2.45, 2.75) is 65.0 Å². The van der Waals surface area contributed by atoms with Crippen molar-refractivity contribution in [3.05, 3.63) is 58.2 Å². The average molecular weight is 440 g/mol. The van der Waals surface area contributed by atoms with Gasteiger partial charge in [0.15, 0.2) is 11.0 Å². The van der Waals surface area contributed by atoms with E-state index in [4.69, 9.17) is 4.52 Å². The molecule has 2 aromatic heterocycles. The Morgan fingerprint density at radius 1 is 1.23 bits per heavy atom. The van der Waals surface area contributed by atoms with Gasteiger partial charge in [0, 0.05) is 49.2 Å². The number of benzene rings is 1. The molecular formula is C23H29N5O2S. The third-order valence-electron chi connectivity index (χ3n) is 5.24. The fraction of sp³-hybridized carbons (Fsp3) is 0.478. The number of hydrogen-bond acceptors (Lipinski definition) is 7. The third kappa shape index (κ3) is 5.77. The standard InChI is InChI=1S/C23H29N5O2S/c1-23(2,3)21-26-20(30-27-21)11-7-10-19(29)25-22-24-17-12-13-28(15-18(17)31-22)14-16-8-5-4-6-9-16/h4-6,8-9H,7,10-15H2,1-3H3,(H,24,25,29). The summed E-state index contributed by atoms with van der Waals surface area (Å²) in [7, 11) is 0. The van der Waals surface area contributed by atoms with Crippen LogP contribution in [-0.4, -0.2) is 32.5 Å². The van der Waals surface area contributed by atoms with E-state index in [0.29, 0.717) is 36.1 Å². The maximum absolute atomic E-state index is 12.4. The number of fused-ring (bicyclic) bond motifs is 1. The minimum absolute atomic E-state index is 0.0252. The predicted molar refractivity (Wildman–Crippen MR) is 121 cm³/mol. The number of nitrogens with zero attached hydrogens (tertiary/aromatic N) is 4. The number of amides is 1. The Balaban J connectivity index is 1.25. The Morgan fingerprint density at radius 2 is 2.03 bits per heavy atom. The van der Waals surface area contributed by atoms with Gasteiger partial charge in [-0.2, -0.15) is 4.98 Å². The van der Waals surface area contributed by atoms with Gasteiger partial charge < -0.3 is 9.84 Å². The number of anilines is 1. The molecule has 1 N–H and O–H groups in total. The minimum Gasteiger partial charge on any atom is -0.339 e. The molecule has 1 aromatic carbocycles. The summed E-state index contributed by atoms with van der Waals surface area (Å²) in [6.07, 6.45) is 2.58. The normalized spacial score (nSPS) is 14.4. The van der Waals surface area contributed by atoms with Crippen LogP contribution in [0.25, 0.3) is 0 Å². The molecule has 0 radical (unpaired) electrons. The van der Waals surface area contributed by atoms with Crippen LogP contribution >= 0.6 is 11.3 Å². The van der Waals surface area contributed by atoms with Crippen molar-refractivity contribution in [3.8, 4) is 0 Å². The van der Waals surface area contributed by atoms with E-state index in [9.17, 15) is 4.79 Å². The molecule has 0 fully saturated rings. The lowest BCUT2D eigenvalue weighted by Gasteiger charge is -2.25. The van der Waals surface area contributed by atoms with E-state index < -0.39 is 0 Å². The van der Waals surface area contributed by atoms with E-state index in [-0.39, 0.29) is 11.3 Å². The highest BCUT2D eigenvalue weighted by Gasteiger charge is 2.22. The van der Waals surface area contributed by atoms with Gasteiger partial charge in [-0.25, -0.2) is 4.98 Å². The fourth-order valence-corrected chi connectivity index (χ4v) is 4.59. The van der Waals surface area contributed by atoms with Gasteiger partial charge in [-0.3, -0.25) is 9.69 Å². The third-order valence-corrected chi connectivity index (χ3v) is 6.24. The summed E-state index contributed by atoms with van der Waals surface area (Å²) in [6.45, 7) is 8.94. The summed E-state index contributed by atoms with van der Waals surface area (Å²) < 4.78 is 5.29. The number of hydrogen-bond donors (Lipinski definition) is 1. The topological polar surface area (TPSA) is 84.2 Å². The van der Waals surface area contributed by atoms with Crippen molar-refractivity contribution in [3.63, 3.8) is 0 Å². The maximum atomic E-state index is 12.4. The second-order valence-corrected chi connectivity index (χ2v) is 10.1. The zero-order chi connectivity index (χ0) is 21.8. The lowest BCUT2D eigenvalue weighted by Crippen LogP contribution is -2.29. The molecule has 0 atom stereocenters. The zero-order valence-electron chi connectivity index (χ0n) is 18.4. The number of carbonyl (C=O) groups is 1. The molecule has 0 bridgehead atoms. The lowest BCUT2D eigenvalue weighted by atomic mass is 9.96. The first kappa shape index (κ1) is 21.6. The number of aryl methyl sites for hydroxylation is 1. The summed E-state index contributed by atoms with van der Waals surface area (Å²) in [5.74, 6) is 1.25. The van der Waals surface area contributed by atoms with E-state index in [1.165, 1.54) is 10.4 Å². The molecule has 8 heteroatoms. The summed E-state index contributed by atoms with van der Waals surface area (Å²) in [4.78, 5) is 25.1. The van der Waals surface area contributed by atoms with Gasteiger partial charge in [-0.05, 0) is 12.0 Å². The number of nitrogens with one attached hydrogen (secondary N) is 1. The average Bonchev–Trinajstić information content (AvgIpc) is 3.35. The van der Waals surface area contributed by atoms with Gasteiger partial charge >= 0.3 is 0 Å². The number of rotatable bonds is 7. The second-order valence-electron chi connectivity index (χ2n) is 9.00. The monoisotopic (exact) mass is 439 g/mol. The summed E-state index contributed by atoms with van der Waals surface area (Å²) in [5.41, 5.74) is 2.30. The summed E-state index contributed by atoms with van der Waals surface area (Å²) in [5, 5.41) is 7.68. The van der Waals surface area contributed by atoms with E-state index >= 15 is 0 Å². The first-order valence-electron chi connectivity index (χ1n) is 10.7. The van der Waals surface area contributed by atoms with Crippen LogP contribution in [0.2, 0.25) is 0 Å². The van der Waals surface area contributed by atoms with Crippen molar-refractivity contribution >= 4 is 22.4 Å². The highest BCUT2D eigenvalue weighted by Crippen LogP contribution is 2.29. The molecule has 164 valence electrons. The molecule has 0 spiro atoms. The molecule has 0 saturated heterocycles. The van der Waals surface area contributed by atoms with Crippen LogP contribution in [0.5, 0.6) is 0 Å². The molecule has 1 amide bonds. The molecule has 0 unspecified atom stereocenters. The smallest absolute Gasteiger partial charge is 0.226 e. The maximum Gasteiger partial charge on any atom is 0.226 e. The van der Waals surface area contributed by atoms with Crippen molar-refractivity contribution in [2.75, 3.05) is 11.9 Å². The first-order chi connectivity index (χ1) is 14.9. The SMILES string of the molecule is CC(C)(C)c1noc(CCCC(=O)Nc2nc3c(s2)CN(Cc2ccccc2)CC3)n1. The molecule has 7 nitrogen and oxygen atoms in total. The first-order valence-corrected chi connectivity index (χ1v) is 11.6. The summed E-state index contributed by atoms with van der Waals surface area (Å²) in [6, 6.07) is 10.5. The molecule has 1 aliphatic heterocycles. The van der Waals surface area contributed by atoms with E-state index in [1.807, 2.05) is 26.8 Å². The number of aromatic nitrogens is 3. The molecule has 1 aliphatic rings. The van der Waals surface area contributed by atoms with Crippen LogP contribution in [0.4, 0.5) is 5.13 Å². The van der Waals surface area contributed by atoms with Crippen LogP contribution in [0.15, 0.2) is 34.9 Å². The summed E-state index contributed by atoms with van der Waals surface area (Å²) >= 11 is 1.59. The van der Waals surface area contributed by atoms with Crippen molar-refractivity contribution in [1.82, 2.24) is 20.0 Å². The fourth-order valence-electron chi connectivity index (χ4n) is 3.52. The molecule has 3 heterocycles. The van der Waals surface area contributed by atoms with Gasteiger partial charge in [-0.15, -0.1) is 11.3 Å². The van der Waals surface area contributed by atoms with Crippen LogP contribution in [0.3, 0.4) is 0 Å². The Morgan fingerprint density at radius 3 is 2.77 bits per heavy atom. The molecular weight excluding hydrogens is 410 g/mol. The second kappa shape index (κ2) is 9.28. The lowest BCUT2D eigenvalue weighted by molar-refractivity contribution is -0.116. The van der Waals surface area contributed by atoms with Gasteiger partial charge in [0.2, 0.25) is 11.8 Å². The van der Waals surface area contributed by atoms with E-state index in [2.05, 4.69) is 49.6 Å². The molecule has 4 rings (SSSR count). The highest BCUT2D eigenvalue weighted by atomic mass is 32.1. The quantitative estimate of drug-likeness (QED) is 0.589. The highest BCUT2D eigenvalue weighted by molar-refractivity contribution is 7.15. The molecule has 0 saturated carbocycles. The van der Waals surface area contributed by atoms with Gasteiger partial charge in [0.05, 0.1) is 5.69 Å². The van der Waals surface area contributed by atoms with E-state index in [0.717, 1.165) is 31.7 Å². The van der Waals surface area contributed by atoms with E-state index in [1.54, 1.807) is 11.3 Å².